The summed E-state index contributed by atoms with van der Waals surface area (Å²) >= 11 is 6.13. The van der Waals surface area contributed by atoms with Crippen molar-refractivity contribution in [1.82, 2.24) is 4.90 Å². The molecule has 0 saturated carbocycles. The topological polar surface area (TPSA) is 96.4 Å². The molecule has 0 aromatic heterocycles. The van der Waals surface area contributed by atoms with Gasteiger partial charge in [-0.15, -0.1) is 13.2 Å². The number of nitrogens with zero attached hydrogens (tertiary/aromatic N) is 2. The predicted molar refractivity (Wildman–Crippen MR) is 155 cm³/mol. The Bertz CT molecular complexity index is 1330. The monoisotopic (exact) mass is 578 g/mol. The number of ether oxygens (including phenoxy) is 2. The molecule has 8 nitrogen and oxygen atoms in total. The highest BCUT2D eigenvalue weighted by atomic mass is 35.5. The van der Waals surface area contributed by atoms with Crippen LogP contribution in [0.25, 0.3) is 0 Å². The fourth-order valence-electron chi connectivity index (χ4n) is 6.92. The summed E-state index contributed by atoms with van der Waals surface area (Å²) in [5.41, 5.74) is -1.00. The van der Waals surface area contributed by atoms with Crippen molar-refractivity contribution in [3.63, 3.8) is 0 Å². The first-order valence-corrected chi connectivity index (χ1v) is 14.2. The van der Waals surface area contributed by atoms with Crippen molar-refractivity contribution >= 4 is 35.1 Å². The Morgan fingerprint density at radius 1 is 1.17 bits per heavy atom. The van der Waals surface area contributed by atoms with Gasteiger partial charge in [-0.1, -0.05) is 54.1 Å². The highest BCUT2D eigenvalue weighted by Crippen LogP contribution is 2.64. The molecule has 2 aromatic carbocycles. The van der Waals surface area contributed by atoms with Crippen LogP contribution >= 0.6 is 11.6 Å². The Kier molecular flexibility index (Phi) is 8.10. The first-order valence-electron chi connectivity index (χ1n) is 13.9. The average molecular weight is 579 g/mol. The Labute approximate surface area is 245 Å². The van der Waals surface area contributed by atoms with Crippen molar-refractivity contribution < 1.29 is 29.0 Å². The van der Waals surface area contributed by atoms with Crippen LogP contribution < -0.4 is 4.90 Å². The fraction of sp³-hybridized carbons (Fsp3) is 0.406. The number of amides is 2. The van der Waals surface area contributed by atoms with Gasteiger partial charge in [-0.05, 0) is 56.0 Å². The minimum Gasteiger partial charge on any atom is -0.465 e. The van der Waals surface area contributed by atoms with E-state index in [1.807, 2.05) is 37.3 Å². The van der Waals surface area contributed by atoms with E-state index in [0.29, 0.717) is 35.5 Å². The molecule has 2 bridgehead atoms. The van der Waals surface area contributed by atoms with Crippen LogP contribution in [-0.2, 0) is 23.9 Å². The van der Waals surface area contributed by atoms with Crippen LogP contribution in [0.5, 0.6) is 0 Å². The molecule has 2 amide bonds. The number of fused-ring (bicyclic) bond motifs is 1. The Hall–Kier alpha value is -3.46. The molecule has 3 heterocycles. The molecule has 2 aromatic rings. The summed E-state index contributed by atoms with van der Waals surface area (Å²) in [6.07, 6.45) is 4.62. The fourth-order valence-corrected chi connectivity index (χ4v) is 7.04. The molecule has 3 aliphatic rings. The lowest BCUT2D eigenvalue weighted by Gasteiger charge is -2.39. The first-order chi connectivity index (χ1) is 19.7. The predicted octanol–water partition coefficient (Wildman–Crippen LogP) is 4.48. The van der Waals surface area contributed by atoms with Gasteiger partial charge >= 0.3 is 5.97 Å². The zero-order chi connectivity index (χ0) is 29.4. The molecule has 41 heavy (non-hydrogen) atoms. The number of carbonyl (C=O) groups is 3. The average Bonchev–Trinajstić information content (AvgIpc) is 3.54. The van der Waals surface area contributed by atoms with Crippen LogP contribution in [0.4, 0.5) is 5.69 Å². The number of esters is 1. The van der Waals surface area contributed by atoms with Crippen molar-refractivity contribution in [2.24, 2.45) is 11.8 Å². The number of aliphatic hydroxyl groups excluding tert-OH is 1. The zero-order valence-corrected chi connectivity index (χ0v) is 23.8. The molecule has 3 saturated heterocycles. The van der Waals surface area contributed by atoms with Gasteiger partial charge in [0.15, 0.2) is 0 Å². The third kappa shape index (κ3) is 4.78. The van der Waals surface area contributed by atoms with Gasteiger partial charge in [0.05, 0.1) is 30.8 Å². The molecule has 1 spiro atoms. The van der Waals surface area contributed by atoms with Crippen molar-refractivity contribution in [2.45, 2.75) is 49.5 Å². The molecule has 216 valence electrons. The summed E-state index contributed by atoms with van der Waals surface area (Å²) in [6.45, 7) is 9.22. The molecule has 0 aliphatic carbocycles. The van der Waals surface area contributed by atoms with E-state index >= 15 is 0 Å². The second kappa shape index (κ2) is 11.4. The summed E-state index contributed by atoms with van der Waals surface area (Å²) in [5.74, 6) is -3.16. The van der Waals surface area contributed by atoms with Crippen LogP contribution in [0.15, 0.2) is 79.9 Å². The van der Waals surface area contributed by atoms with Crippen molar-refractivity contribution in [3.05, 3.63) is 90.5 Å². The van der Waals surface area contributed by atoms with E-state index < -0.39 is 53.6 Å². The molecule has 5 rings (SSSR count). The molecule has 9 heteroatoms. The summed E-state index contributed by atoms with van der Waals surface area (Å²) in [4.78, 5) is 45.7. The van der Waals surface area contributed by atoms with Gasteiger partial charge in [0, 0.05) is 17.3 Å². The quantitative estimate of drug-likeness (QED) is 0.240. The van der Waals surface area contributed by atoms with E-state index in [9.17, 15) is 19.5 Å². The molecule has 3 aliphatic heterocycles. The van der Waals surface area contributed by atoms with Crippen LogP contribution in [0.2, 0.25) is 5.02 Å². The molecule has 2 unspecified atom stereocenters. The van der Waals surface area contributed by atoms with Crippen LogP contribution in [0, 0.1) is 11.8 Å². The molecule has 3 fully saturated rings. The number of rotatable bonds is 11. The zero-order valence-electron chi connectivity index (χ0n) is 23.1. The van der Waals surface area contributed by atoms with E-state index in [1.165, 1.54) is 4.90 Å². The maximum atomic E-state index is 14.7. The van der Waals surface area contributed by atoms with Gasteiger partial charge in [-0.25, -0.2) is 0 Å². The molecule has 1 N–H and O–H groups in total. The minimum absolute atomic E-state index is 0.141. The van der Waals surface area contributed by atoms with Gasteiger partial charge in [-0.2, -0.15) is 0 Å². The standard InChI is InChI=1S/C32H35ClN2O6/c1-4-6-19-40-30(39)26-25-28(37)35(24(20-36)21-10-8-7-9-11-21)27(32(25)17-16-31(26,3)41-32)29(38)34(18-5-2)23-14-12-22(33)13-15-23/h4-5,7-15,24-27,36H,1-2,6,16-20H2,3H3/t24-,25+,26+,27?,31-,32?/m1/s1. The summed E-state index contributed by atoms with van der Waals surface area (Å²) < 4.78 is 12.3. The Morgan fingerprint density at radius 2 is 1.88 bits per heavy atom. The second-order valence-corrected chi connectivity index (χ2v) is 11.5. The van der Waals surface area contributed by atoms with E-state index in [1.54, 1.807) is 41.3 Å². The first kappa shape index (κ1) is 29.0. The van der Waals surface area contributed by atoms with Gasteiger partial charge in [0.25, 0.3) is 5.91 Å². The maximum absolute atomic E-state index is 14.7. The molecular weight excluding hydrogens is 544 g/mol. The lowest BCUT2D eigenvalue weighted by Crippen LogP contribution is -2.57. The SMILES string of the molecule is C=CCCOC(=O)[C@@H]1[C@H]2C(=O)N([C@H](CO)c3ccccc3)C(C(=O)N(CC=C)c3ccc(Cl)cc3)C23CC[C@@]1(C)O3. The van der Waals surface area contributed by atoms with Crippen molar-refractivity contribution in [1.29, 1.82) is 0 Å². The number of hydrogen-bond acceptors (Lipinski definition) is 6. The van der Waals surface area contributed by atoms with Gasteiger partial charge in [-0.3, -0.25) is 14.4 Å². The summed E-state index contributed by atoms with van der Waals surface area (Å²) in [6, 6.07) is 14.0. The normalized spacial score (nSPS) is 28.7. The lowest BCUT2D eigenvalue weighted by molar-refractivity contribution is -0.160. The lowest BCUT2D eigenvalue weighted by atomic mass is 9.66. The largest absolute Gasteiger partial charge is 0.465 e. The van der Waals surface area contributed by atoms with Gasteiger partial charge < -0.3 is 24.4 Å². The highest BCUT2D eigenvalue weighted by molar-refractivity contribution is 6.30. The van der Waals surface area contributed by atoms with Crippen molar-refractivity contribution in [2.75, 3.05) is 24.7 Å². The molecule has 0 radical (unpaired) electrons. The van der Waals surface area contributed by atoms with Gasteiger partial charge in [0.1, 0.15) is 17.6 Å². The van der Waals surface area contributed by atoms with Crippen LogP contribution in [0.1, 0.15) is 37.8 Å². The van der Waals surface area contributed by atoms with E-state index in [-0.39, 0.29) is 19.1 Å². The molecule has 6 atom stereocenters. The number of anilines is 1. The minimum atomic E-state index is -1.28. The third-order valence-corrected chi connectivity index (χ3v) is 8.93. The van der Waals surface area contributed by atoms with E-state index in [2.05, 4.69) is 13.2 Å². The second-order valence-electron chi connectivity index (χ2n) is 11.0. The number of halogens is 1. The number of hydrogen-bond donors (Lipinski definition) is 1. The number of likely N-dealkylation sites (tertiary alicyclic amines) is 1. The van der Waals surface area contributed by atoms with E-state index in [0.717, 1.165) is 0 Å². The Balaban J connectivity index is 1.63. The Morgan fingerprint density at radius 3 is 2.51 bits per heavy atom. The number of aliphatic hydroxyl groups is 1. The van der Waals surface area contributed by atoms with Crippen molar-refractivity contribution in [3.8, 4) is 0 Å². The van der Waals surface area contributed by atoms with E-state index in [4.69, 9.17) is 21.1 Å². The van der Waals surface area contributed by atoms with Gasteiger partial charge in [0.2, 0.25) is 5.91 Å². The van der Waals surface area contributed by atoms with Crippen LogP contribution in [0.3, 0.4) is 0 Å². The molecular formula is C32H35ClN2O6. The highest BCUT2D eigenvalue weighted by Gasteiger charge is 2.79. The maximum Gasteiger partial charge on any atom is 0.312 e. The summed E-state index contributed by atoms with van der Waals surface area (Å²) in [7, 11) is 0. The summed E-state index contributed by atoms with van der Waals surface area (Å²) in [5, 5.41) is 11.2. The van der Waals surface area contributed by atoms with Crippen LogP contribution in [-0.4, -0.2) is 64.8 Å². The number of benzene rings is 2. The third-order valence-electron chi connectivity index (χ3n) is 8.68. The smallest absolute Gasteiger partial charge is 0.312 e. The number of carbonyl (C=O) groups excluding carboxylic acids is 3.